The smallest absolute Gasteiger partial charge is 0.308 e. The number of aliphatic carboxylic acids is 1. The van der Waals surface area contributed by atoms with Gasteiger partial charge in [-0.3, -0.25) is 4.79 Å². The Kier molecular flexibility index (Phi) is 3.48. The zero-order chi connectivity index (χ0) is 13.3. The number of hydrogen-bond acceptors (Lipinski definition) is 3. The molecule has 1 aromatic carbocycles. The van der Waals surface area contributed by atoms with Crippen LogP contribution in [-0.4, -0.2) is 16.1 Å². The lowest BCUT2D eigenvalue weighted by Gasteiger charge is -2.03. The fraction of sp³-hybridized carbons (Fsp3) is 0.286. The molecular formula is C14H15NO2S. The molecule has 0 bridgehead atoms. The number of aromatic nitrogens is 1. The van der Waals surface area contributed by atoms with E-state index in [1.807, 2.05) is 20.8 Å². The lowest BCUT2D eigenvalue weighted by molar-refractivity contribution is -0.136. The summed E-state index contributed by atoms with van der Waals surface area (Å²) in [4.78, 5) is 16.1. The van der Waals surface area contributed by atoms with Gasteiger partial charge in [0.15, 0.2) is 0 Å². The molecule has 94 valence electrons. The SMILES string of the molecule is Cc1ccc(C)c(-c2nc(C)c(CC(=O)O)s2)c1. The van der Waals surface area contributed by atoms with Gasteiger partial charge < -0.3 is 5.11 Å². The Hall–Kier alpha value is -1.68. The van der Waals surface area contributed by atoms with E-state index in [0.717, 1.165) is 26.7 Å². The molecule has 0 radical (unpaired) electrons. The molecule has 0 unspecified atom stereocenters. The lowest BCUT2D eigenvalue weighted by atomic mass is 10.1. The number of aryl methyl sites for hydroxylation is 3. The average molecular weight is 261 g/mol. The second-order valence-corrected chi connectivity index (χ2v) is 5.50. The molecule has 0 aliphatic rings. The van der Waals surface area contributed by atoms with Gasteiger partial charge in [-0.1, -0.05) is 17.7 Å². The molecule has 2 aromatic rings. The number of nitrogens with zero attached hydrogens (tertiary/aromatic N) is 1. The Balaban J connectivity index is 2.45. The predicted octanol–water partition coefficient (Wildman–Crippen LogP) is 3.36. The first-order valence-electron chi connectivity index (χ1n) is 5.73. The van der Waals surface area contributed by atoms with E-state index in [9.17, 15) is 4.79 Å². The molecule has 0 amide bonds. The highest BCUT2D eigenvalue weighted by Crippen LogP contribution is 2.31. The predicted molar refractivity (Wildman–Crippen MR) is 73.1 cm³/mol. The second-order valence-electron chi connectivity index (χ2n) is 4.42. The zero-order valence-corrected chi connectivity index (χ0v) is 11.5. The molecule has 1 aromatic heterocycles. The van der Waals surface area contributed by atoms with Crippen molar-refractivity contribution in [3.63, 3.8) is 0 Å². The maximum absolute atomic E-state index is 10.8. The molecule has 0 aliphatic carbocycles. The van der Waals surface area contributed by atoms with E-state index in [-0.39, 0.29) is 6.42 Å². The van der Waals surface area contributed by atoms with Crippen molar-refractivity contribution >= 4 is 17.3 Å². The van der Waals surface area contributed by atoms with Crippen LogP contribution in [0.15, 0.2) is 18.2 Å². The first-order chi connectivity index (χ1) is 8.47. The number of benzene rings is 1. The van der Waals surface area contributed by atoms with Gasteiger partial charge in [-0.25, -0.2) is 4.98 Å². The summed E-state index contributed by atoms with van der Waals surface area (Å²) >= 11 is 1.47. The van der Waals surface area contributed by atoms with Crippen molar-refractivity contribution in [2.75, 3.05) is 0 Å². The Morgan fingerprint density at radius 1 is 1.33 bits per heavy atom. The van der Waals surface area contributed by atoms with Crippen LogP contribution in [0.3, 0.4) is 0 Å². The topological polar surface area (TPSA) is 50.2 Å². The Labute approximate surface area is 110 Å². The summed E-state index contributed by atoms with van der Waals surface area (Å²) in [6, 6.07) is 6.23. The van der Waals surface area contributed by atoms with Crippen molar-refractivity contribution in [3.8, 4) is 10.6 Å². The van der Waals surface area contributed by atoms with Gasteiger partial charge in [0.1, 0.15) is 5.01 Å². The van der Waals surface area contributed by atoms with Crippen LogP contribution in [0.5, 0.6) is 0 Å². The van der Waals surface area contributed by atoms with Crippen LogP contribution < -0.4 is 0 Å². The lowest BCUT2D eigenvalue weighted by Crippen LogP contribution is -1.99. The van der Waals surface area contributed by atoms with E-state index >= 15 is 0 Å². The molecule has 0 aliphatic heterocycles. The van der Waals surface area contributed by atoms with Crippen LogP contribution in [0.4, 0.5) is 0 Å². The van der Waals surface area contributed by atoms with Gasteiger partial charge in [0.05, 0.1) is 12.1 Å². The summed E-state index contributed by atoms with van der Waals surface area (Å²) in [5, 5.41) is 9.76. The molecule has 2 rings (SSSR count). The average Bonchev–Trinajstić information content (AvgIpc) is 2.63. The van der Waals surface area contributed by atoms with Gasteiger partial charge >= 0.3 is 5.97 Å². The van der Waals surface area contributed by atoms with Crippen LogP contribution in [-0.2, 0) is 11.2 Å². The van der Waals surface area contributed by atoms with Crippen molar-refractivity contribution in [3.05, 3.63) is 39.9 Å². The van der Waals surface area contributed by atoms with Crippen LogP contribution >= 0.6 is 11.3 Å². The highest BCUT2D eigenvalue weighted by molar-refractivity contribution is 7.15. The third-order valence-electron chi connectivity index (χ3n) is 2.83. The number of hydrogen-bond donors (Lipinski definition) is 1. The van der Waals surface area contributed by atoms with Crippen LogP contribution in [0.2, 0.25) is 0 Å². The maximum Gasteiger partial charge on any atom is 0.308 e. The van der Waals surface area contributed by atoms with Crippen LogP contribution in [0, 0.1) is 20.8 Å². The summed E-state index contributed by atoms with van der Waals surface area (Å²) in [5.74, 6) is -0.811. The number of carbonyl (C=O) groups is 1. The minimum atomic E-state index is -0.811. The molecule has 1 heterocycles. The standard InChI is InChI=1S/C14H15NO2S/c1-8-4-5-9(2)11(6-8)14-15-10(3)12(18-14)7-13(16)17/h4-6H,7H2,1-3H3,(H,16,17). The van der Waals surface area contributed by atoms with E-state index in [4.69, 9.17) is 5.11 Å². The molecule has 3 nitrogen and oxygen atoms in total. The molecular weight excluding hydrogens is 246 g/mol. The Bertz CT molecular complexity index is 602. The minimum Gasteiger partial charge on any atom is -0.481 e. The molecule has 4 heteroatoms. The number of thiazole rings is 1. The first-order valence-corrected chi connectivity index (χ1v) is 6.54. The molecule has 1 N–H and O–H groups in total. The molecule has 0 saturated carbocycles. The van der Waals surface area contributed by atoms with Crippen molar-refractivity contribution in [2.24, 2.45) is 0 Å². The summed E-state index contributed by atoms with van der Waals surface area (Å²) in [5.41, 5.74) is 4.26. The second kappa shape index (κ2) is 4.90. The van der Waals surface area contributed by atoms with Crippen molar-refractivity contribution in [1.82, 2.24) is 4.98 Å². The third-order valence-corrected chi connectivity index (χ3v) is 4.02. The summed E-state index contributed by atoms with van der Waals surface area (Å²) in [6.07, 6.45) is 0.0500. The first kappa shape index (κ1) is 12.8. The van der Waals surface area contributed by atoms with E-state index in [2.05, 4.69) is 23.2 Å². The van der Waals surface area contributed by atoms with Crippen molar-refractivity contribution in [1.29, 1.82) is 0 Å². The normalized spacial score (nSPS) is 10.6. The summed E-state index contributed by atoms with van der Waals surface area (Å²) in [6.45, 7) is 5.95. The monoisotopic (exact) mass is 261 g/mol. The third kappa shape index (κ3) is 2.59. The molecule has 0 spiro atoms. The number of carboxylic acid groups (broad SMARTS) is 1. The molecule has 0 saturated heterocycles. The largest absolute Gasteiger partial charge is 0.481 e. The van der Waals surface area contributed by atoms with Gasteiger partial charge in [-0.05, 0) is 32.4 Å². The van der Waals surface area contributed by atoms with E-state index in [0.29, 0.717) is 0 Å². The number of rotatable bonds is 3. The number of carboxylic acids is 1. The van der Waals surface area contributed by atoms with Crippen LogP contribution in [0.25, 0.3) is 10.6 Å². The molecule has 0 atom stereocenters. The van der Waals surface area contributed by atoms with E-state index < -0.39 is 5.97 Å². The Morgan fingerprint density at radius 2 is 2.06 bits per heavy atom. The Morgan fingerprint density at radius 3 is 2.72 bits per heavy atom. The highest BCUT2D eigenvalue weighted by atomic mass is 32.1. The zero-order valence-electron chi connectivity index (χ0n) is 10.7. The van der Waals surface area contributed by atoms with Crippen LogP contribution in [0.1, 0.15) is 21.7 Å². The van der Waals surface area contributed by atoms with Gasteiger partial charge in [0.2, 0.25) is 0 Å². The quantitative estimate of drug-likeness (QED) is 0.921. The fourth-order valence-corrected chi connectivity index (χ4v) is 2.95. The maximum atomic E-state index is 10.8. The minimum absolute atomic E-state index is 0.0500. The summed E-state index contributed by atoms with van der Waals surface area (Å²) < 4.78 is 0. The molecule has 18 heavy (non-hydrogen) atoms. The van der Waals surface area contributed by atoms with E-state index in [1.165, 1.54) is 16.9 Å². The van der Waals surface area contributed by atoms with E-state index in [1.54, 1.807) is 0 Å². The van der Waals surface area contributed by atoms with Crippen molar-refractivity contribution in [2.45, 2.75) is 27.2 Å². The van der Waals surface area contributed by atoms with Gasteiger partial charge in [0.25, 0.3) is 0 Å². The summed E-state index contributed by atoms with van der Waals surface area (Å²) in [7, 11) is 0. The van der Waals surface area contributed by atoms with Gasteiger partial charge in [-0.2, -0.15) is 0 Å². The fourth-order valence-electron chi connectivity index (χ4n) is 1.81. The molecule has 0 fully saturated rings. The highest BCUT2D eigenvalue weighted by Gasteiger charge is 2.13. The van der Waals surface area contributed by atoms with Gasteiger partial charge in [0, 0.05) is 10.4 Å². The van der Waals surface area contributed by atoms with Gasteiger partial charge in [-0.15, -0.1) is 11.3 Å². The van der Waals surface area contributed by atoms with Crippen molar-refractivity contribution < 1.29 is 9.90 Å².